The number of urea groups is 1. The minimum absolute atomic E-state index is 0.0471. The number of nitrogens with one attached hydrogen (secondary N) is 1. The number of rotatable bonds is 9. The van der Waals surface area contributed by atoms with Crippen LogP contribution in [-0.4, -0.2) is 48.7 Å². The Hall–Kier alpha value is -2.86. The predicted octanol–water partition coefficient (Wildman–Crippen LogP) is 7.63. The van der Waals surface area contributed by atoms with E-state index in [1.54, 1.807) is 17.0 Å². The van der Waals surface area contributed by atoms with E-state index in [0.29, 0.717) is 29.3 Å². The van der Waals surface area contributed by atoms with Crippen molar-refractivity contribution in [3.63, 3.8) is 0 Å². The second kappa shape index (κ2) is 11.6. The topological polar surface area (TPSA) is 87.0 Å². The SMILES string of the molecule is C[Si](C)(C)CCOCn1cc(Cl)c2c(Oc3c(F)cc(NC(=O)N=CC4COC5(CCC5)C4)cc3F)ccnc21. The van der Waals surface area contributed by atoms with Crippen LogP contribution in [0, 0.1) is 17.6 Å². The molecular weight excluding hydrogens is 558 g/mol. The van der Waals surface area contributed by atoms with Gasteiger partial charge in [-0.1, -0.05) is 31.2 Å². The Morgan fingerprint density at radius 1 is 1.32 bits per heavy atom. The Morgan fingerprint density at radius 2 is 2.08 bits per heavy atom. The number of amides is 2. The molecule has 1 saturated carbocycles. The summed E-state index contributed by atoms with van der Waals surface area (Å²) in [6.07, 6.45) is 8.72. The summed E-state index contributed by atoms with van der Waals surface area (Å²) >= 11 is 6.45. The highest BCUT2D eigenvalue weighted by Gasteiger charge is 2.44. The molecule has 0 bridgehead atoms. The fraction of sp³-hybridized carbons (Fsp3) is 0.464. The van der Waals surface area contributed by atoms with Crippen molar-refractivity contribution < 1.29 is 27.8 Å². The predicted molar refractivity (Wildman–Crippen MR) is 153 cm³/mol. The van der Waals surface area contributed by atoms with E-state index in [9.17, 15) is 13.6 Å². The van der Waals surface area contributed by atoms with E-state index in [0.717, 1.165) is 43.9 Å². The summed E-state index contributed by atoms with van der Waals surface area (Å²) < 4.78 is 49.0. The summed E-state index contributed by atoms with van der Waals surface area (Å²) in [5.74, 6) is -2.43. The van der Waals surface area contributed by atoms with Crippen molar-refractivity contribution in [1.82, 2.24) is 9.55 Å². The lowest BCUT2D eigenvalue weighted by atomic mass is 9.76. The van der Waals surface area contributed by atoms with Crippen LogP contribution in [-0.2, 0) is 16.2 Å². The number of fused-ring (bicyclic) bond motifs is 1. The minimum atomic E-state index is -1.24. The van der Waals surface area contributed by atoms with Crippen LogP contribution >= 0.6 is 11.6 Å². The van der Waals surface area contributed by atoms with Crippen LogP contribution in [0.2, 0.25) is 30.7 Å². The fourth-order valence-corrected chi connectivity index (χ4v) is 5.98. The highest BCUT2D eigenvalue weighted by molar-refractivity contribution is 6.76. The van der Waals surface area contributed by atoms with Crippen molar-refractivity contribution in [2.75, 3.05) is 18.5 Å². The van der Waals surface area contributed by atoms with Crippen molar-refractivity contribution in [2.24, 2.45) is 10.9 Å². The van der Waals surface area contributed by atoms with E-state index in [-0.39, 0.29) is 29.7 Å². The number of benzene rings is 1. The lowest BCUT2D eigenvalue weighted by Gasteiger charge is -2.37. The third-order valence-corrected chi connectivity index (χ3v) is 9.26. The number of carbonyl (C=O) groups is 1. The zero-order chi connectivity index (χ0) is 28.5. The summed E-state index contributed by atoms with van der Waals surface area (Å²) in [7, 11) is -1.24. The van der Waals surface area contributed by atoms with Crippen LogP contribution in [0.4, 0.5) is 19.3 Å². The molecule has 2 aromatic heterocycles. The molecule has 12 heteroatoms. The summed E-state index contributed by atoms with van der Waals surface area (Å²) in [5.41, 5.74) is 0.333. The molecule has 1 spiro atoms. The molecule has 8 nitrogen and oxygen atoms in total. The standard InChI is InChI=1S/C28H33ClF2N4O4Si/c1-40(2,3)10-9-37-17-35-15-20(29)24-23(5-8-32-26(24)35)39-25-21(30)11-19(12-22(25)31)34-27(36)33-14-18-13-28(38-16-18)6-4-7-28/h5,8,11-12,14-15,18H,4,6-7,9-10,13,16-17H2,1-3H3,(H,34,36). The Morgan fingerprint density at radius 3 is 2.73 bits per heavy atom. The number of hydrogen-bond donors (Lipinski definition) is 1. The maximum atomic E-state index is 15.0. The number of hydrogen-bond acceptors (Lipinski definition) is 5. The van der Waals surface area contributed by atoms with Crippen molar-refractivity contribution >= 4 is 48.6 Å². The quantitative estimate of drug-likeness (QED) is 0.157. The van der Waals surface area contributed by atoms with Gasteiger partial charge < -0.3 is 24.1 Å². The van der Waals surface area contributed by atoms with Crippen LogP contribution < -0.4 is 10.1 Å². The van der Waals surface area contributed by atoms with Crippen LogP contribution in [0.5, 0.6) is 11.5 Å². The average Bonchev–Trinajstić information content (AvgIpc) is 3.45. The monoisotopic (exact) mass is 590 g/mol. The molecule has 1 saturated heterocycles. The van der Waals surface area contributed by atoms with E-state index in [2.05, 4.69) is 34.9 Å². The van der Waals surface area contributed by atoms with E-state index in [1.807, 2.05) is 0 Å². The molecule has 2 amide bonds. The van der Waals surface area contributed by atoms with Crippen LogP contribution in [0.25, 0.3) is 11.0 Å². The van der Waals surface area contributed by atoms with Crippen LogP contribution in [0.15, 0.2) is 35.6 Å². The molecule has 0 radical (unpaired) electrons. The van der Waals surface area contributed by atoms with Gasteiger partial charge >= 0.3 is 6.03 Å². The first kappa shape index (κ1) is 28.7. The van der Waals surface area contributed by atoms with Gasteiger partial charge in [0.2, 0.25) is 0 Å². The fourth-order valence-electron chi connectivity index (χ4n) is 4.93. The number of anilines is 1. The molecule has 1 aliphatic heterocycles. The molecule has 1 unspecified atom stereocenters. The number of carbonyl (C=O) groups excluding carboxylic acids is 1. The van der Waals surface area contributed by atoms with Crippen LogP contribution in [0.3, 0.4) is 0 Å². The molecule has 3 heterocycles. The molecule has 1 N–H and O–H groups in total. The number of pyridine rings is 1. The molecule has 1 aromatic carbocycles. The van der Waals surface area contributed by atoms with Crippen molar-refractivity contribution in [3.8, 4) is 11.5 Å². The molecule has 3 aromatic rings. The third-order valence-electron chi connectivity index (χ3n) is 7.27. The molecule has 2 aliphatic rings. The highest BCUT2D eigenvalue weighted by atomic mass is 35.5. The summed E-state index contributed by atoms with van der Waals surface area (Å²) in [5, 5.41) is 3.12. The first-order valence-electron chi connectivity index (χ1n) is 13.4. The number of halogens is 3. The number of aliphatic imine (C=N–C) groups is 1. The first-order valence-corrected chi connectivity index (χ1v) is 17.5. The van der Waals surface area contributed by atoms with Gasteiger partial charge in [0, 0.05) is 57.0 Å². The van der Waals surface area contributed by atoms with Gasteiger partial charge in [0.1, 0.15) is 18.1 Å². The average molecular weight is 591 g/mol. The Labute approximate surface area is 237 Å². The zero-order valence-electron chi connectivity index (χ0n) is 22.8. The number of nitrogens with zero attached hydrogens (tertiary/aromatic N) is 3. The maximum absolute atomic E-state index is 15.0. The second-order valence-corrected chi connectivity index (χ2v) is 17.7. The van der Waals surface area contributed by atoms with Crippen molar-refractivity contribution in [2.45, 2.75) is 63.7 Å². The third kappa shape index (κ3) is 6.54. The van der Waals surface area contributed by atoms with E-state index in [4.69, 9.17) is 25.8 Å². The van der Waals surface area contributed by atoms with E-state index < -0.39 is 31.5 Å². The Balaban J connectivity index is 1.25. The molecule has 214 valence electrons. The van der Waals surface area contributed by atoms with E-state index >= 15 is 0 Å². The molecule has 40 heavy (non-hydrogen) atoms. The molecule has 5 rings (SSSR count). The molecule has 1 atom stereocenters. The number of ether oxygens (including phenoxy) is 3. The lowest BCUT2D eigenvalue weighted by Crippen LogP contribution is -2.35. The van der Waals surface area contributed by atoms with Gasteiger partial charge in [-0.3, -0.25) is 0 Å². The smallest absolute Gasteiger partial charge is 0.345 e. The highest BCUT2D eigenvalue weighted by Crippen LogP contribution is 2.45. The largest absolute Gasteiger partial charge is 0.450 e. The summed E-state index contributed by atoms with van der Waals surface area (Å²) in [4.78, 5) is 20.5. The van der Waals surface area contributed by atoms with E-state index in [1.165, 1.54) is 12.3 Å². The van der Waals surface area contributed by atoms with Crippen molar-refractivity contribution in [1.29, 1.82) is 0 Å². The van der Waals surface area contributed by atoms with Gasteiger partial charge in [-0.15, -0.1) is 0 Å². The summed E-state index contributed by atoms with van der Waals surface area (Å²) in [6, 6.07) is 3.72. The molecular formula is C28H33ClF2N4O4Si. The second-order valence-electron chi connectivity index (χ2n) is 11.7. The van der Waals surface area contributed by atoms with Gasteiger partial charge in [0.15, 0.2) is 17.4 Å². The molecule has 2 fully saturated rings. The van der Waals surface area contributed by atoms with Gasteiger partial charge in [-0.05, 0) is 37.8 Å². The normalized spacial score (nSPS) is 18.5. The van der Waals surface area contributed by atoms with Crippen LogP contribution in [0.1, 0.15) is 25.7 Å². The van der Waals surface area contributed by atoms with Gasteiger partial charge in [0.05, 0.1) is 22.6 Å². The maximum Gasteiger partial charge on any atom is 0.345 e. The Kier molecular flexibility index (Phi) is 8.28. The summed E-state index contributed by atoms with van der Waals surface area (Å²) in [6.45, 7) is 8.18. The van der Waals surface area contributed by atoms with Gasteiger partial charge in [-0.2, -0.15) is 0 Å². The first-order chi connectivity index (χ1) is 19.0. The zero-order valence-corrected chi connectivity index (χ0v) is 24.6. The molecule has 1 aliphatic carbocycles. The van der Waals surface area contributed by atoms with Gasteiger partial charge in [0.25, 0.3) is 0 Å². The lowest BCUT2D eigenvalue weighted by molar-refractivity contribution is -0.0562. The van der Waals surface area contributed by atoms with Gasteiger partial charge in [-0.25, -0.2) is 23.6 Å². The minimum Gasteiger partial charge on any atom is -0.450 e. The Bertz CT molecular complexity index is 1410. The van der Waals surface area contributed by atoms with Crippen molar-refractivity contribution in [3.05, 3.63) is 47.2 Å². The number of aromatic nitrogens is 2.